The van der Waals surface area contributed by atoms with Crippen molar-refractivity contribution in [1.29, 1.82) is 0 Å². The number of non-ortho nitro benzene ring substituents is 1. The summed E-state index contributed by atoms with van der Waals surface area (Å²) in [6.07, 6.45) is 0.182. The largest absolute Gasteiger partial charge is 0.506 e. The first-order valence-corrected chi connectivity index (χ1v) is 3.93. The van der Waals surface area contributed by atoms with E-state index >= 15 is 0 Å². The normalized spacial score (nSPS) is 10.1. The van der Waals surface area contributed by atoms with E-state index in [4.69, 9.17) is 10.8 Å². The number of aliphatic hydroxyl groups excluding tert-OH is 1. The number of nitrogens with zero attached hydrogens (tertiary/aromatic N) is 1. The monoisotopic (exact) mass is 198 g/mol. The van der Waals surface area contributed by atoms with Crippen LogP contribution in [0.4, 0.5) is 11.4 Å². The van der Waals surface area contributed by atoms with E-state index in [1.165, 1.54) is 6.07 Å². The molecule has 76 valence electrons. The molecule has 0 spiro atoms. The van der Waals surface area contributed by atoms with E-state index < -0.39 is 4.92 Å². The number of nitrogens with two attached hydrogens (primary N) is 1. The summed E-state index contributed by atoms with van der Waals surface area (Å²) in [5, 5.41) is 28.3. The molecule has 4 N–H and O–H groups in total. The average molecular weight is 198 g/mol. The second-order valence-corrected chi connectivity index (χ2v) is 2.77. The highest BCUT2D eigenvalue weighted by atomic mass is 16.6. The molecule has 0 aromatic heterocycles. The molecule has 0 bridgehead atoms. The molecule has 14 heavy (non-hydrogen) atoms. The molecule has 1 aromatic carbocycles. The molecule has 0 atom stereocenters. The lowest BCUT2D eigenvalue weighted by molar-refractivity contribution is -0.385. The molecule has 0 aliphatic heterocycles. The molecule has 6 nitrogen and oxygen atoms in total. The second kappa shape index (κ2) is 3.93. The topological polar surface area (TPSA) is 110 Å². The van der Waals surface area contributed by atoms with Gasteiger partial charge in [-0.05, 0) is 12.0 Å². The summed E-state index contributed by atoms with van der Waals surface area (Å²) < 4.78 is 0. The summed E-state index contributed by atoms with van der Waals surface area (Å²) in [5.74, 6) is -0.331. The van der Waals surface area contributed by atoms with Crippen LogP contribution in [0, 0.1) is 10.1 Å². The Balaban J connectivity index is 3.20. The summed E-state index contributed by atoms with van der Waals surface area (Å²) in [7, 11) is 0. The highest BCUT2D eigenvalue weighted by Crippen LogP contribution is 2.29. The predicted molar refractivity (Wildman–Crippen MR) is 50.0 cm³/mol. The van der Waals surface area contributed by atoms with E-state index in [1.807, 2.05) is 0 Å². The summed E-state index contributed by atoms with van der Waals surface area (Å²) in [5.41, 5.74) is 5.67. The van der Waals surface area contributed by atoms with Crippen molar-refractivity contribution in [2.75, 3.05) is 12.3 Å². The van der Waals surface area contributed by atoms with Gasteiger partial charge in [0.25, 0.3) is 5.69 Å². The number of phenolic OH excluding ortho intramolecular Hbond substituents is 1. The highest BCUT2D eigenvalue weighted by Gasteiger charge is 2.13. The zero-order valence-electron chi connectivity index (χ0n) is 7.30. The van der Waals surface area contributed by atoms with Gasteiger partial charge in [-0.3, -0.25) is 10.1 Å². The fraction of sp³-hybridized carbons (Fsp3) is 0.250. The van der Waals surface area contributed by atoms with Gasteiger partial charge in [0.1, 0.15) is 5.75 Å². The van der Waals surface area contributed by atoms with Crippen LogP contribution in [0.3, 0.4) is 0 Å². The molecule has 0 radical (unpaired) electrons. The van der Waals surface area contributed by atoms with Crippen molar-refractivity contribution in [2.24, 2.45) is 0 Å². The molecule has 6 heteroatoms. The number of aliphatic hydroxyl groups is 1. The van der Waals surface area contributed by atoms with Crippen LogP contribution in [0.25, 0.3) is 0 Å². The van der Waals surface area contributed by atoms with E-state index in [1.54, 1.807) is 0 Å². The summed E-state index contributed by atoms with van der Waals surface area (Å²) in [4.78, 5) is 9.79. The minimum Gasteiger partial charge on any atom is -0.506 e. The summed E-state index contributed by atoms with van der Waals surface area (Å²) >= 11 is 0. The first-order valence-electron chi connectivity index (χ1n) is 3.93. The zero-order valence-corrected chi connectivity index (χ0v) is 7.30. The fourth-order valence-electron chi connectivity index (χ4n) is 1.11. The van der Waals surface area contributed by atoms with Crippen LogP contribution in [0.15, 0.2) is 12.1 Å². The Morgan fingerprint density at radius 3 is 2.64 bits per heavy atom. The quantitative estimate of drug-likeness (QED) is 0.282. The van der Waals surface area contributed by atoms with Gasteiger partial charge in [-0.25, -0.2) is 0 Å². The lowest BCUT2D eigenvalue weighted by Gasteiger charge is -2.05. The Morgan fingerprint density at radius 2 is 2.14 bits per heavy atom. The Morgan fingerprint density at radius 1 is 1.50 bits per heavy atom. The van der Waals surface area contributed by atoms with Crippen molar-refractivity contribution in [3.05, 3.63) is 27.8 Å². The molecule has 0 saturated carbocycles. The van der Waals surface area contributed by atoms with Gasteiger partial charge in [-0.2, -0.15) is 0 Å². The van der Waals surface area contributed by atoms with Gasteiger partial charge >= 0.3 is 0 Å². The minimum atomic E-state index is -0.625. The molecular formula is C8H10N2O4. The van der Waals surface area contributed by atoms with Crippen LogP contribution < -0.4 is 5.73 Å². The molecule has 0 heterocycles. The number of rotatable bonds is 3. The van der Waals surface area contributed by atoms with Crippen molar-refractivity contribution >= 4 is 11.4 Å². The molecule has 0 aliphatic rings. The third-order valence-electron chi connectivity index (χ3n) is 1.82. The lowest BCUT2D eigenvalue weighted by Crippen LogP contribution is -2.00. The molecule has 1 rings (SSSR count). The van der Waals surface area contributed by atoms with Crippen LogP contribution in [-0.2, 0) is 6.42 Å². The number of anilines is 1. The van der Waals surface area contributed by atoms with Gasteiger partial charge < -0.3 is 15.9 Å². The van der Waals surface area contributed by atoms with Crippen LogP contribution in [0.1, 0.15) is 5.56 Å². The lowest BCUT2D eigenvalue weighted by atomic mass is 10.1. The summed E-state index contributed by atoms with van der Waals surface area (Å²) in [6, 6.07) is 2.22. The summed E-state index contributed by atoms with van der Waals surface area (Å²) in [6.45, 7) is -0.176. The van der Waals surface area contributed by atoms with E-state index in [9.17, 15) is 15.2 Å². The van der Waals surface area contributed by atoms with E-state index in [2.05, 4.69) is 0 Å². The molecular weight excluding hydrogens is 188 g/mol. The Kier molecular flexibility index (Phi) is 2.88. The predicted octanol–water partition coefficient (Wildman–Crippen LogP) is 0.417. The SMILES string of the molecule is Nc1c(O)cc([N+](=O)[O-])cc1CCO. The Hall–Kier alpha value is -1.82. The standard InChI is InChI=1S/C8H10N2O4/c9-8-5(1-2-11)3-6(10(13)14)4-7(8)12/h3-4,11-12H,1-2,9H2. The number of aromatic hydroxyl groups is 1. The second-order valence-electron chi connectivity index (χ2n) is 2.77. The Bertz CT molecular complexity index is 365. The van der Waals surface area contributed by atoms with Gasteiger partial charge in [0, 0.05) is 12.7 Å². The maximum atomic E-state index is 10.4. The van der Waals surface area contributed by atoms with Crippen LogP contribution in [0.2, 0.25) is 0 Å². The van der Waals surface area contributed by atoms with Crippen molar-refractivity contribution in [3.8, 4) is 5.75 Å². The number of nitro benzene ring substituents is 1. The molecule has 0 fully saturated rings. The fourth-order valence-corrected chi connectivity index (χ4v) is 1.11. The van der Waals surface area contributed by atoms with E-state index in [0.717, 1.165) is 6.07 Å². The number of nitro groups is 1. The third-order valence-corrected chi connectivity index (χ3v) is 1.82. The van der Waals surface area contributed by atoms with E-state index in [-0.39, 0.29) is 30.2 Å². The number of benzene rings is 1. The number of phenols is 1. The number of hydrogen-bond acceptors (Lipinski definition) is 5. The van der Waals surface area contributed by atoms with Gasteiger partial charge in [0.15, 0.2) is 0 Å². The Labute approximate surface area is 79.7 Å². The minimum absolute atomic E-state index is 0.0738. The molecule has 0 aliphatic carbocycles. The van der Waals surface area contributed by atoms with E-state index in [0.29, 0.717) is 5.56 Å². The van der Waals surface area contributed by atoms with Crippen molar-refractivity contribution in [2.45, 2.75) is 6.42 Å². The van der Waals surface area contributed by atoms with Crippen LogP contribution in [0.5, 0.6) is 5.75 Å². The molecule has 0 saturated heterocycles. The number of hydrogen-bond donors (Lipinski definition) is 3. The van der Waals surface area contributed by atoms with Crippen molar-refractivity contribution in [3.63, 3.8) is 0 Å². The third kappa shape index (κ3) is 1.91. The van der Waals surface area contributed by atoms with Crippen LogP contribution >= 0.6 is 0 Å². The number of nitrogen functional groups attached to an aromatic ring is 1. The van der Waals surface area contributed by atoms with Gasteiger partial charge in [0.05, 0.1) is 16.7 Å². The molecule has 1 aromatic rings. The zero-order chi connectivity index (χ0) is 10.7. The van der Waals surface area contributed by atoms with Crippen LogP contribution in [-0.4, -0.2) is 21.7 Å². The first kappa shape index (κ1) is 10.3. The maximum absolute atomic E-state index is 10.4. The maximum Gasteiger partial charge on any atom is 0.273 e. The smallest absolute Gasteiger partial charge is 0.273 e. The molecule has 0 amide bonds. The van der Waals surface area contributed by atoms with Gasteiger partial charge in [-0.15, -0.1) is 0 Å². The first-order chi connectivity index (χ1) is 6.56. The van der Waals surface area contributed by atoms with Crippen molar-refractivity contribution in [1.82, 2.24) is 0 Å². The van der Waals surface area contributed by atoms with Crippen molar-refractivity contribution < 1.29 is 15.1 Å². The van der Waals surface area contributed by atoms with Gasteiger partial charge in [-0.1, -0.05) is 0 Å². The highest BCUT2D eigenvalue weighted by molar-refractivity contribution is 5.62. The molecule has 0 unspecified atom stereocenters. The average Bonchev–Trinajstić information content (AvgIpc) is 2.12. The van der Waals surface area contributed by atoms with Gasteiger partial charge in [0.2, 0.25) is 0 Å².